The fourth-order valence-electron chi connectivity index (χ4n) is 2.82. The topological polar surface area (TPSA) is 55.8 Å². The molecule has 4 nitrogen and oxygen atoms in total. The minimum Gasteiger partial charge on any atom is -0.433 e. The second-order valence-electron chi connectivity index (χ2n) is 5.45. The molecule has 0 saturated heterocycles. The molecule has 0 amide bonds. The molecule has 0 heterocycles. The quantitative estimate of drug-likeness (QED) is 0.880. The minimum absolute atomic E-state index is 0.0199. The third-order valence-corrected chi connectivity index (χ3v) is 3.77. The van der Waals surface area contributed by atoms with Crippen molar-refractivity contribution in [2.45, 2.75) is 18.9 Å². The smallest absolute Gasteiger partial charge is 0.433 e. The van der Waals surface area contributed by atoms with Gasteiger partial charge < -0.3 is 14.6 Å². The maximum absolute atomic E-state index is 11.6. The molecule has 0 saturated carbocycles. The number of fused-ring (bicyclic) bond motifs is 3. The van der Waals surface area contributed by atoms with E-state index in [-0.39, 0.29) is 19.1 Å². The number of rotatable bonds is 4. The van der Waals surface area contributed by atoms with Gasteiger partial charge in [-0.2, -0.15) is 0 Å². The molecule has 114 valence electrons. The summed E-state index contributed by atoms with van der Waals surface area (Å²) < 4.78 is 10.0. The second kappa shape index (κ2) is 6.20. The summed E-state index contributed by atoms with van der Waals surface area (Å²) in [6.07, 6.45) is -1.44. The summed E-state index contributed by atoms with van der Waals surface area (Å²) in [7, 11) is 0. The van der Waals surface area contributed by atoms with Gasteiger partial charge in [0.05, 0.1) is 6.10 Å². The van der Waals surface area contributed by atoms with E-state index < -0.39 is 12.3 Å². The molecular formula is C18H18O4. The van der Waals surface area contributed by atoms with Crippen LogP contribution in [0.3, 0.4) is 0 Å². The van der Waals surface area contributed by atoms with Gasteiger partial charge in [0.15, 0.2) is 0 Å². The Labute approximate surface area is 129 Å². The molecule has 0 radical (unpaired) electrons. The van der Waals surface area contributed by atoms with Gasteiger partial charge in [0, 0.05) is 5.92 Å². The maximum atomic E-state index is 11.6. The van der Waals surface area contributed by atoms with Gasteiger partial charge in [0.2, 0.25) is 0 Å². The number of benzene rings is 2. The zero-order valence-corrected chi connectivity index (χ0v) is 12.4. The predicted octanol–water partition coefficient (Wildman–Crippen LogP) is 3.33. The van der Waals surface area contributed by atoms with Crippen LogP contribution in [0.5, 0.6) is 0 Å². The third kappa shape index (κ3) is 2.83. The third-order valence-electron chi connectivity index (χ3n) is 3.77. The Hall–Kier alpha value is -2.33. The lowest BCUT2D eigenvalue weighted by atomic mass is 9.98. The van der Waals surface area contributed by atoms with Gasteiger partial charge in [-0.1, -0.05) is 48.5 Å². The zero-order chi connectivity index (χ0) is 15.5. The van der Waals surface area contributed by atoms with Crippen molar-refractivity contribution in [3.63, 3.8) is 0 Å². The monoisotopic (exact) mass is 298 g/mol. The summed E-state index contributed by atoms with van der Waals surface area (Å²) in [5, 5.41) is 9.11. The molecule has 2 aromatic carbocycles. The number of carbonyl (C=O) groups excluding carboxylic acids is 1. The highest BCUT2D eigenvalue weighted by molar-refractivity contribution is 5.78. The molecule has 0 aliphatic heterocycles. The number of carbonyl (C=O) groups is 1. The molecule has 0 spiro atoms. The van der Waals surface area contributed by atoms with Crippen molar-refractivity contribution in [2.24, 2.45) is 0 Å². The van der Waals surface area contributed by atoms with Crippen LogP contribution in [0.25, 0.3) is 11.1 Å². The normalized spacial score (nSPS) is 14.1. The molecule has 4 heteroatoms. The van der Waals surface area contributed by atoms with Crippen molar-refractivity contribution < 1.29 is 19.4 Å². The van der Waals surface area contributed by atoms with Gasteiger partial charge in [-0.15, -0.1) is 0 Å². The minimum atomic E-state index is -0.747. The lowest BCUT2D eigenvalue weighted by Crippen LogP contribution is -2.18. The maximum Gasteiger partial charge on any atom is 0.508 e. The SMILES string of the molecule is CC(O)COC(=O)OCC1c2ccccc2-c2ccccc21. The molecule has 1 N–H and O–H groups in total. The highest BCUT2D eigenvalue weighted by atomic mass is 16.7. The molecule has 1 aliphatic rings. The van der Waals surface area contributed by atoms with Crippen molar-refractivity contribution in [1.29, 1.82) is 0 Å². The average Bonchev–Trinajstić information content (AvgIpc) is 2.85. The van der Waals surface area contributed by atoms with E-state index >= 15 is 0 Å². The molecule has 1 unspecified atom stereocenters. The zero-order valence-electron chi connectivity index (χ0n) is 12.4. The fourth-order valence-corrected chi connectivity index (χ4v) is 2.82. The second-order valence-corrected chi connectivity index (χ2v) is 5.45. The molecule has 1 aliphatic carbocycles. The molecule has 0 bridgehead atoms. The van der Waals surface area contributed by atoms with Crippen molar-refractivity contribution in [3.05, 3.63) is 59.7 Å². The lowest BCUT2D eigenvalue weighted by Gasteiger charge is -2.14. The van der Waals surface area contributed by atoms with Crippen LogP contribution in [-0.4, -0.2) is 30.6 Å². The van der Waals surface area contributed by atoms with Gasteiger partial charge in [0.1, 0.15) is 13.2 Å². The molecule has 22 heavy (non-hydrogen) atoms. The predicted molar refractivity (Wildman–Crippen MR) is 82.7 cm³/mol. The molecule has 3 rings (SSSR count). The first-order valence-electron chi connectivity index (χ1n) is 7.32. The van der Waals surface area contributed by atoms with E-state index in [1.807, 2.05) is 24.3 Å². The first-order chi connectivity index (χ1) is 10.7. The van der Waals surface area contributed by atoms with E-state index in [1.165, 1.54) is 11.1 Å². The molecule has 0 aromatic heterocycles. The molecule has 0 fully saturated rings. The van der Waals surface area contributed by atoms with E-state index in [4.69, 9.17) is 14.6 Å². The molecule has 1 atom stereocenters. The first kappa shape index (κ1) is 14.6. The van der Waals surface area contributed by atoms with Gasteiger partial charge in [-0.3, -0.25) is 0 Å². The van der Waals surface area contributed by atoms with Crippen LogP contribution >= 0.6 is 0 Å². The molecular weight excluding hydrogens is 280 g/mol. The van der Waals surface area contributed by atoms with Gasteiger partial charge in [-0.05, 0) is 29.2 Å². The Bertz CT molecular complexity index is 633. The Morgan fingerprint density at radius 3 is 2.14 bits per heavy atom. The largest absolute Gasteiger partial charge is 0.508 e. The highest BCUT2D eigenvalue weighted by Gasteiger charge is 2.29. The van der Waals surface area contributed by atoms with E-state index in [9.17, 15) is 4.79 Å². The van der Waals surface area contributed by atoms with Crippen LogP contribution in [0.1, 0.15) is 24.0 Å². The van der Waals surface area contributed by atoms with Gasteiger partial charge in [-0.25, -0.2) is 4.79 Å². The summed E-state index contributed by atoms with van der Waals surface area (Å²) in [6, 6.07) is 16.3. The van der Waals surface area contributed by atoms with Gasteiger partial charge in [0.25, 0.3) is 0 Å². The van der Waals surface area contributed by atoms with Crippen LogP contribution in [-0.2, 0) is 9.47 Å². The van der Waals surface area contributed by atoms with Crippen LogP contribution in [0.4, 0.5) is 4.79 Å². The number of aliphatic hydroxyl groups excluding tert-OH is 1. The van der Waals surface area contributed by atoms with E-state index in [1.54, 1.807) is 6.92 Å². The molecule has 2 aromatic rings. The van der Waals surface area contributed by atoms with E-state index in [0.717, 1.165) is 11.1 Å². The highest BCUT2D eigenvalue weighted by Crippen LogP contribution is 2.44. The number of hydrogen-bond acceptors (Lipinski definition) is 4. The van der Waals surface area contributed by atoms with Crippen molar-refractivity contribution in [1.82, 2.24) is 0 Å². The van der Waals surface area contributed by atoms with Crippen LogP contribution in [0.2, 0.25) is 0 Å². The number of aliphatic hydroxyl groups is 1. The summed E-state index contributed by atoms with van der Waals surface area (Å²) >= 11 is 0. The van der Waals surface area contributed by atoms with E-state index in [2.05, 4.69) is 24.3 Å². The average molecular weight is 298 g/mol. The Kier molecular flexibility index (Phi) is 4.11. The fraction of sp³-hybridized carbons (Fsp3) is 0.278. The Balaban J connectivity index is 1.75. The van der Waals surface area contributed by atoms with Crippen molar-refractivity contribution >= 4 is 6.16 Å². The summed E-state index contributed by atoms with van der Waals surface area (Å²) in [5.41, 5.74) is 4.69. The summed E-state index contributed by atoms with van der Waals surface area (Å²) in [6.45, 7) is 1.72. The van der Waals surface area contributed by atoms with Gasteiger partial charge >= 0.3 is 6.16 Å². The summed E-state index contributed by atoms with van der Waals surface area (Å²) in [5.74, 6) is 0.0199. The van der Waals surface area contributed by atoms with Crippen molar-refractivity contribution in [2.75, 3.05) is 13.2 Å². The Morgan fingerprint density at radius 1 is 1.05 bits per heavy atom. The van der Waals surface area contributed by atoms with Crippen LogP contribution < -0.4 is 0 Å². The van der Waals surface area contributed by atoms with Crippen LogP contribution in [0, 0.1) is 0 Å². The first-order valence-corrected chi connectivity index (χ1v) is 7.32. The lowest BCUT2D eigenvalue weighted by molar-refractivity contribution is 0.0227. The summed E-state index contributed by atoms with van der Waals surface area (Å²) in [4.78, 5) is 11.6. The Morgan fingerprint density at radius 2 is 1.59 bits per heavy atom. The number of ether oxygens (including phenoxy) is 2. The van der Waals surface area contributed by atoms with E-state index in [0.29, 0.717) is 0 Å². The standard InChI is InChI=1S/C18H18O4/c1-12(19)10-21-18(20)22-11-17-15-8-4-2-6-13(15)14-7-3-5-9-16(14)17/h2-9,12,17,19H,10-11H2,1H3. The number of hydrogen-bond donors (Lipinski definition) is 1. The van der Waals surface area contributed by atoms with Crippen molar-refractivity contribution in [3.8, 4) is 11.1 Å². The van der Waals surface area contributed by atoms with Crippen LogP contribution in [0.15, 0.2) is 48.5 Å².